The molecule has 2 N–H and O–H groups in total. The van der Waals surface area contributed by atoms with Gasteiger partial charge in [0.1, 0.15) is 12.4 Å². The third kappa shape index (κ3) is 4.38. The first-order valence-corrected chi connectivity index (χ1v) is 5.77. The molecular weight excluding hydrogens is 230 g/mol. The molecular formula is C14H19NO3. The fraction of sp³-hybridized carbons (Fsp3) is 0.429. The summed E-state index contributed by atoms with van der Waals surface area (Å²) in [6.45, 7) is 1.27. The van der Waals surface area contributed by atoms with Crippen molar-refractivity contribution in [2.24, 2.45) is 0 Å². The Morgan fingerprint density at radius 3 is 2.72 bits per heavy atom. The summed E-state index contributed by atoms with van der Waals surface area (Å²) in [6, 6.07) is 5.66. The minimum Gasteiger partial charge on any atom is -0.496 e. The maximum Gasteiger partial charge on any atom is 0.123 e. The Morgan fingerprint density at radius 2 is 2.11 bits per heavy atom. The lowest BCUT2D eigenvalue weighted by Gasteiger charge is -2.17. The predicted molar refractivity (Wildman–Crippen MR) is 70.4 cm³/mol. The molecule has 0 atom stereocenters. The summed E-state index contributed by atoms with van der Waals surface area (Å²) in [4.78, 5) is 2.00. The van der Waals surface area contributed by atoms with Crippen LogP contribution in [0.15, 0.2) is 18.2 Å². The standard InChI is InChI=1S/C14H19NO3/c1-15(7-9-17)11-13-10-12(4-3-8-16)5-6-14(13)18-2/h5-6,10,16-17H,7-9,11H2,1-2H3. The molecule has 98 valence electrons. The molecule has 0 aromatic heterocycles. The molecule has 0 aliphatic heterocycles. The van der Waals surface area contributed by atoms with Crippen molar-refractivity contribution in [1.82, 2.24) is 4.90 Å². The topological polar surface area (TPSA) is 52.9 Å². The predicted octanol–water partition coefficient (Wildman–Crippen LogP) is 0.463. The van der Waals surface area contributed by atoms with Gasteiger partial charge in [-0.3, -0.25) is 4.90 Å². The summed E-state index contributed by atoms with van der Waals surface area (Å²) < 4.78 is 5.30. The molecule has 0 aliphatic rings. The van der Waals surface area contributed by atoms with Crippen molar-refractivity contribution in [3.63, 3.8) is 0 Å². The smallest absolute Gasteiger partial charge is 0.123 e. The van der Waals surface area contributed by atoms with Crippen LogP contribution in [0.3, 0.4) is 0 Å². The Balaban J connectivity index is 2.91. The van der Waals surface area contributed by atoms with Crippen LogP contribution in [0.4, 0.5) is 0 Å². The molecule has 4 nitrogen and oxygen atoms in total. The van der Waals surface area contributed by atoms with Gasteiger partial charge in [0.2, 0.25) is 0 Å². The van der Waals surface area contributed by atoms with Crippen LogP contribution in [-0.4, -0.2) is 49.0 Å². The zero-order valence-electron chi connectivity index (χ0n) is 10.8. The summed E-state index contributed by atoms with van der Waals surface area (Å²) in [5, 5.41) is 17.6. The summed E-state index contributed by atoms with van der Waals surface area (Å²) >= 11 is 0. The highest BCUT2D eigenvalue weighted by atomic mass is 16.5. The Bertz CT molecular complexity index is 434. The average molecular weight is 249 g/mol. The normalized spacial score (nSPS) is 10.1. The molecule has 0 saturated heterocycles. The van der Waals surface area contributed by atoms with Crippen LogP contribution in [0.2, 0.25) is 0 Å². The van der Waals surface area contributed by atoms with E-state index >= 15 is 0 Å². The van der Waals surface area contributed by atoms with Crippen molar-refractivity contribution in [3.05, 3.63) is 29.3 Å². The SMILES string of the molecule is COc1ccc(C#CCO)cc1CN(C)CCO. The van der Waals surface area contributed by atoms with Gasteiger partial charge >= 0.3 is 0 Å². The van der Waals surface area contributed by atoms with Crippen molar-refractivity contribution in [2.45, 2.75) is 6.54 Å². The second-order valence-corrected chi connectivity index (χ2v) is 3.95. The van der Waals surface area contributed by atoms with E-state index in [0.717, 1.165) is 16.9 Å². The second-order valence-electron chi connectivity index (χ2n) is 3.95. The van der Waals surface area contributed by atoms with Crippen molar-refractivity contribution in [2.75, 3.05) is 33.9 Å². The van der Waals surface area contributed by atoms with E-state index < -0.39 is 0 Å². The zero-order valence-corrected chi connectivity index (χ0v) is 10.8. The van der Waals surface area contributed by atoms with Crippen molar-refractivity contribution in [1.29, 1.82) is 0 Å². The second kappa shape index (κ2) is 7.72. The zero-order chi connectivity index (χ0) is 13.4. The summed E-state index contributed by atoms with van der Waals surface area (Å²) in [6.07, 6.45) is 0. The molecule has 0 unspecified atom stereocenters. The van der Waals surface area contributed by atoms with Crippen LogP contribution < -0.4 is 4.74 Å². The van der Waals surface area contributed by atoms with Gasteiger partial charge in [-0.2, -0.15) is 0 Å². The lowest BCUT2D eigenvalue weighted by molar-refractivity contribution is 0.216. The van der Waals surface area contributed by atoms with Crippen LogP contribution in [0.1, 0.15) is 11.1 Å². The molecule has 0 aliphatic carbocycles. The Labute approximate surface area is 108 Å². The number of hydrogen-bond acceptors (Lipinski definition) is 4. The maximum atomic E-state index is 8.89. The van der Waals surface area contributed by atoms with E-state index in [-0.39, 0.29) is 13.2 Å². The molecule has 1 aromatic rings. The Kier molecular flexibility index (Phi) is 6.23. The van der Waals surface area contributed by atoms with Crippen LogP contribution in [0.25, 0.3) is 0 Å². The van der Waals surface area contributed by atoms with Gasteiger partial charge in [0.25, 0.3) is 0 Å². The van der Waals surface area contributed by atoms with Gasteiger partial charge in [0, 0.05) is 24.2 Å². The largest absolute Gasteiger partial charge is 0.496 e. The lowest BCUT2D eigenvalue weighted by atomic mass is 10.1. The highest BCUT2D eigenvalue weighted by Gasteiger charge is 2.06. The molecule has 1 rings (SSSR count). The number of rotatable bonds is 5. The fourth-order valence-corrected chi connectivity index (χ4v) is 1.66. The van der Waals surface area contributed by atoms with Gasteiger partial charge in [-0.05, 0) is 25.2 Å². The summed E-state index contributed by atoms with van der Waals surface area (Å²) in [7, 11) is 3.56. The number of likely N-dealkylation sites (N-methyl/N-ethyl adjacent to an activating group) is 1. The molecule has 1 aromatic carbocycles. The molecule has 0 fully saturated rings. The molecule has 0 saturated carbocycles. The van der Waals surface area contributed by atoms with E-state index in [1.165, 1.54) is 0 Å². The van der Waals surface area contributed by atoms with Crippen LogP contribution >= 0.6 is 0 Å². The van der Waals surface area contributed by atoms with Gasteiger partial charge in [0.05, 0.1) is 13.7 Å². The molecule has 4 heteroatoms. The first-order valence-electron chi connectivity index (χ1n) is 5.77. The number of ether oxygens (including phenoxy) is 1. The highest BCUT2D eigenvalue weighted by Crippen LogP contribution is 2.20. The Morgan fingerprint density at radius 1 is 1.33 bits per heavy atom. The molecule has 0 spiro atoms. The van der Waals surface area contributed by atoms with Gasteiger partial charge in [0.15, 0.2) is 0 Å². The summed E-state index contributed by atoms with van der Waals surface area (Å²) in [5.41, 5.74) is 1.86. The van der Waals surface area contributed by atoms with Gasteiger partial charge in [-0.1, -0.05) is 11.8 Å². The van der Waals surface area contributed by atoms with E-state index in [1.807, 2.05) is 30.1 Å². The van der Waals surface area contributed by atoms with E-state index in [4.69, 9.17) is 14.9 Å². The Hall–Kier alpha value is -1.54. The van der Waals surface area contributed by atoms with Gasteiger partial charge in [-0.15, -0.1) is 0 Å². The number of benzene rings is 1. The average Bonchev–Trinajstić information content (AvgIpc) is 2.37. The van der Waals surface area contributed by atoms with Crippen molar-refractivity contribution < 1.29 is 14.9 Å². The molecule has 0 amide bonds. The molecule has 0 bridgehead atoms. The van der Waals surface area contributed by atoms with Gasteiger partial charge in [-0.25, -0.2) is 0 Å². The van der Waals surface area contributed by atoms with E-state index in [2.05, 4.69) is 11.8 Å². The van der Waals surface area contributed by atoms with Gasteiger partial charge < -0.3 is 14.9 Å². The molecule has 18 heavy (non-hydrogen) atoms. The van der Waals surface area contributed by atoms with E-state index in [1.54, 1.807) is 7.11 Å². The first kappa shape index (κ1) is 14.5. The van der Waals surface area contributed by atoms with Crippen LogP contribution in [0.5, 0.6) is 5.75 Å². The fourth-order valence-electron chi connectivity index (χ4n) is 1.66. The maximum absolute atomic E-state index is 8.89. The first-order chi connectivity index (χ1) is 8.71. The summed E-state index contributed by atoms with van der Waals surface area (Å²) in [5.74, 6) is 6.29. The van der Waals surface area contributed by atoms with E-state index in [0.29, 0.717) is 13.1 Å². The number of aliphatic hydroxyl groups is 2. The quantitative estimate of drug-likeness (QED) is 0.745. The minimum absolute atomic E-state index is 0.128. The number of hydrogen-bond donors (Lipinski definition) is 2. The van der Waals surface area contributed by atoms with Crippen molar-refractivity contribution in [3.8, 4) is 17.6 Å². The van der Waals surface area contributed by atoms with Crippen LogP contribution in [-0.2, 0) is 6.54 Å². The third-order valence-electron chi connectivity index (χ3n) is 2.51. The number of nitrogens with zero attached hydrogens (tertiary/aromatic N) is 1. The minimum atomic E-state index is -0.147. The lowest BCUT2D eigenvalue weighted by Crippen LogP contribution is -2.21. The third-order valence-corrected chi connectivity index (χ3v) is 2.51. The van der Waals surface area contributed by atoms with E-state index in [9.17, 15) is 0 Å². The monoisotopic (exact) mass is 249 g/mol. The highest BCUT2D eigenvalue weighted by molar-refractivity contribution is 5.44. The molecule has 0 heterocycles. The molecule has 0 radical (unpaired) electrons. The number of methoxy groups -OCH3 is 1. The van der Waals surface area contributed by atoms with Crippen molar-refractivity contribution >= 4 is 0 Å². The number of aliphatic hydroxyl groups excluding tert-OH is 2. The van der Waals surface area contributed by atoms with Crippen LogP contribution in [0, 0.1) is 11.8 Å².